The summed E-state index contributed by atoms with van der Waals surface area (Å²) < 4.78 is 5.85. The zero-order valence-electron chi connectivity index (χ0n) is 12.2. The first-order valence-corrected chi connectivity index (χ1v) is 6.95. The highest BCUT2D eigenvalue weighted by Crippen LogP contribution is 2.11. The number of hydrogen-bond donors (Lipinski definition) is 1. The van der Waals surface area contributed by atoms with Gasteiger partial charge in [-0.05, 0) is 50.4 Å². The summed E-state index contributed by atoms with van der Waals surface area (Å²) in [6.45, 7) is 8.37. The first-order chi connectivity index (χ1) is 8.61. The van der Waals surface area contributed by atoms with Gasteiger partial charge in [0.2, 0.25) is 0 Å². The largest absolute Gasteiger partial charge is 0.374 e. The normalized spacial score (nSPS) is 12.9. The molecule has 0 fully saturated rings. The van der Waals surface area contributed by atoms with Crippen LogP contribution < -0.4 is 5.32 Å². The fourth-order valence-corrected chi connectivity index (χ4v) is 2.04. The Morgan fingerprint density at radius 2 is 1.67 bits per heavy atom. The van der Waals surface area contributed by atoms with Gasteiger partial charge in [0.15, 0.2) is 0 Å². The Hall–Kier alpha value is -0.860. The SMILES string of the molecule is CNCCc1ccc(COC(C)CC(C)C)cc1. The van der Waals surface area contributed by atoms with Crippen molar-refractivity contribution in [2.75, 3.05) is 13.6 Å². The van der Waals surface area contributed by atoms with E-state index in [1.54, 1.807) is 0 Å². The van der Waals surface area contributed by atoms with Crippen LogP contribution in [0, 0.1) is 5.92 Å². The number of benzene rings is 1. The second-order valence-corrected chi connectivity index (χ2v) is 5.42. The third-order valence-corrected chi connectivity index (χ3v) is 3.02. The van der Waals surface area contributed by atoms with Gasteiger partial charge in [-0.25, -0.2) is 0 Å². The first kappa shape index (κ1) is 15.2. The molecule has 18 heavy (non-hydrogen) atoms. The van der Waals surface area contributed by atoms with Gasteiger partial charge in [-0.1, -0.05) is 38.1 Å². The smallest absolute Gasteiger partial charge is 0.0720 e. The highest BCUT2D eigenvalue weighted by Gasteiger charge is 2.05. The fraction of sp³-hybridized carbons (Fsp3) is 0.625. The molecule has 0 saturated heterocycles. The molecule has 0 spiro atoms. The highest BCUT2D eigenvalue weighted by atomic mass is 16.5. The summed E-state index contributed by atoms with van der Waals surface area (Å²) in [4.78, 5) is 0. The Balaban J connectivity index is 2.34. The molecular weight excluding hydrogens is 222 g/mol. The molecule has 1 rings (SSSR count). The van der Waals surface area contributed by atoms with E-state index in [0.717, 1.165) is 26.0 Å². The van der Waals surface area contributed by atoms with Crippen LogP contribution >= 0.6 is 0 Å². The van der Waals surface area contributed by atoms with Crippen LogP contribution in [0.1, 0.15) is 38.3 Å². The molecule has 102 valence electrons. The number of nitrogens with one attached hydrogen (secondary N) is 1. The minimum absolute atomic E-state index is 0.342. The molecule has 1 N–H and O–H groups in total. The summed E-state index contributed by atoms with van der Waals surface area (Å²) in [6.07, 6.45) is 2.55. The molecule has 1 unspecified atom stereocenters. The van der Waals surface area contributed by atoms with Gasteiger partial charge < -0.3 is 10.1 Å². The van der Waals surface area contributed by atoms with Gasteiger partial charge in [-0.3, -0.25) is 0 Å². The summed E-state index contributed by atoms with van der Waals surface area (Å²) in [5, 5.41) is 3.16. The van der Waals surface area contributed by atoms with Crippen LogP contribution in [-0.4, -0.2) is 19.7 Å². The number of ether oxygens (including phenoxy) is 1. The minimum atomic E-state index is 0.342. The van der Waals surface area contributed by atoms with Gasteiger partial charge in [0.05, 0.1) is 12.7 Å². The predicted molar refractivity (Wildman–Crippen MR) is 77.8 cm³/mol. The lowest BCUT2D eigenvalue weighted by Crippen LogP contribution is -2.11. The molecule has 0 saturated carbocycles. The lowest BCUT2D eigenvalue weighted by molar-refractivity contribution is 0.0397. The molecule has 0 radical (unpaired) electrons. The summed E-state index contributed by atoms with van der Waals surface area (Å²) in [6, 6.07) is 8.74. The Bertz CT molecular complexity index is 318. The number of hydrogen-bond acceptors (Lipinski definition) is 2. The lowest BCUT2D eigenvalue weighted by Gasteiger charge is -2.15. The summed E-state index contributed by atoms with van der Waals surface area (Å²) in [5.41, 5.74) is 2.64. The minimum Gasteiger partial charge on any atom is -0.374 e. The molecule has 1 aromatic carbocycles. The van der Waals surface area contributed by atoms with Crippen LogP contribution in [0.15, 0.2) is 24.3 Å². The molecule has 1 aromatic rings. The zero-order chi connectivity index (χ0) is 13.4. The highest BCUT2D eigenvalue weighted by molar-refractivity contribution is 5.22. The molecule has 0 aliphatic carbocycles. The van der Waals surface area contributed by atoms with Gasteiger partial charge in [-0.15, -0.1) is 0 Å². The van der Waals surface area contributed by atoms with E-state index in [-0.39, 0.29) is 0 Å². The van der Waals surface area contributed by atoms with Crippen molar-refractivity contribution < 1.29 is 4.74 Å². The Morgan fingerprint density at radius 3 is 2.22 bits per heavy atom. The van der Waals surface area contributed by atoms with E-state index >= 15 is 0 Å². The van der Waals surface area contributed by atoms with Crippen molar-refractivity contribution in [3.8, 4) is 0 Å². The average Bonchev–Trinajstić information content (AvgIpc) is 2.34. The van der Waals surface area contributed by atoms with Crippen LogP contribution in [0.3, 0.4) is 0 Å². The van der Waals surface area contributed by atoms with Crippen LogP contribution in [-0.2, 0) is 17.8 Å². The van der Waals surface area contributed by atoms with E-state index in [1.165, 1.54) is 11.1 Å². The van der Waals surface area contributed by atoms with Crippen molar-refractivity contribution in [3.05, 3.63) is 35.4 Å². The third kappa shape index (κ3) is 6.18. The van der Waals surface area contributed by atoms with Gasteiger partial charge in [0.1, 0.15) is 0 Å². The first-order valence-electron chi connectivity index (χ1n) is 6.95. The monoisotopic (exact) mass is 249 g/mol. The molecule has 0 heterocycles. The van der Waals surface area contributed by atoms with Crippen molar-refractivity contribution in [2.45, 2.75) is 46.3 Å². The second-order valence-electron chi connectivity index (χ2n) is 5.42. The third-order valence-electron chi connectivity index (χ3n) is 3.02. The van der Waals surface area contributed by atoms with E-state index in [9.17, 15) is 0 Å². The number of likely N-dealkylation sites (N-methyl/N-ethyl adjacent to an activating group) is 1. The number of rotatable bonds is 8. The Kier molecular flexibility index (Phi) is 6.99. The molecule has 2 nitrogen and oxygen atoms in total. The average molecular weight is 249 g/mol. The molecule has 0 aromatic heterocycles. The maximum absolute atomic E-state index is 5.85. The topological polar surface area (TPSA) is 21.3 Å². The Labute approximate surface area is 112 Å². The van der Waals surface area contributed by atoms with Gasteiger partial charge in [0.25, 0.3) is 0 Å². The van der Waals surface area contributed by atoms with Crippen molar-refractivity contribution in [1.29, 1.82) is 0 Å². The van der Waals surface area contributed by atoms with Crippen molar-refractivity contribution >= 4 is 0 Å². The fourth-order valence-electron chi connectivity index (χ4n) is 2.04. The summed E-state index contributed by atoms with van der Waals surface area (Å²) in [5.74, 6) is 0.698. The molecule has 2 heteroatoms. The molecule has 0 aliphatic rings. The van der Waals surface area contributed by atoms with E-state index in [1.807, 2.05) is 7.05 Å². The van der Waals surface area contributed by atoms with Crippen LogP contribution in [0.2, 0.25) is 0 Å². The zero-order valence-corrected chi connectivity index (χ0v) is 12.2. The molecule has 0 aliphatic heterocycles. The molecule has 0 bridgehead atoms. The lowest BCUT2D eigenvalue weighted by atomic mass is 10.1. The van der Waals surface area contributed by atoms with E-state index in [0.29, 0.717) is 12.0 Å². The molecule has 0 amide bonds. The van der Waals surface area contributed by atoms with Gasteiger partial charge in [0, 0.05) is 0 Å². The van der Waals surface area contributed by atoms with Gasteiger partial charge in [-0.2, -0.15) is 0 Å². The second kappa shape index (κ2) is 8.28. The van der Waals surface area contributed by atoms with E-state index in [2.05, 4.69) is 50.4 Å². The maximum atomic E-state index is 5.85. The summed E-state index contributed by atoms with van der Waals surface area (Å²) >= 11 is 0. The van der Waals surface area contributed by atoms with Crippen LogP contribution in [0.4, 0.5) is 0 Å². The van der Waals surface area contributed by atoms with Gasteiger partial charge >= 0.3 is 0 Å². The van der Waals surface area contributed by atoms with Crippen LogP contribution in [0.25, 0.3) is 0 Å². The van der Waals surface area contributed by atoms with Crippen molar-refractivity contribution in [3.63, 3.8) is 0 Å². The maximum Gasteiger partial charge on any atom is 0.0720 e. The van der Waals surface area contributed by atoms with Crippen LogP contribution in [0.5, 0.6) is 0 Å². The Morgan fingerprint density at radius 1 is 1.06 bits per heavy atom. The molecular formula is C16H27NO. The predicted octanol–water partition coefficient (Wildman–Crippen LogP) is 3.40. The molecule has 1 atom stereocenters. The van der Waals surface area contributed by atoms with Crippen molar-refractivity contribution in [1.82, 2.24) is 5.32 Å². The van der Waals surface area contributed by atoms with E-state index in [4.69, 9.17) is 4.74 Å². The quantitative estimate of drug-likeness (QED) is 0.762. The summed E-state index contributed by atoms with van der Waals surface area (Å²) in [7, 11) is 1.98. The standard InChI is InChI=1S/C16H27NO/c1-13(2)11-14(3)18-12-16-7-5-15(6-8-16)9-10-17-4/h5-8,13-14,17H,9-12H2,1-4H3. The van der Waals surface area contributed by atoms with Crippen molar-refractivity contribution in [2.24, 2.45) is 5.92 Å². The van der Waals surface area contributed by atoms with E-state index < -0.39 is 0 Å².